The Hall–Kier alpha value is -1.28. The predicted molar refractivity (Wildman–Crippen MR) is 105 cm³/mol. The predicted octanol–water partition coefficient (Wildman–Crippen LogP) is 2.19. The summed E-state index contributed by atoms with van der Waals surface area (Å²) >= 11 is 10.9. The maximum absolute atomic E-state index is 12.3. The quantitative estimate of drug-likeness (QED) is 0.572. The van der Waals surface area contributed by atoms with E-state index < -0.39 is 5.41 Å². The van der Waals surface area contributed by atoms with Crippen molar-refractivity contribution in [2.75, 3.05) is 14.1 Å². The topological polar surface area (TPSA) is 64.7 Å². The van der Waals surface area contributed by atoms with Gasteiger partial charge in [-0.2, -0.15) is 0 Å². The Morgan fingerprint density at radius 1 is 0.840 bits per heavy atom. The number of amides is 2. The Labute approximate surface area is 160 Å². The van der Waals surface area contributed by atoms with Gasteiger partial charge in [-0.1, -0.05) is 38.3 Å². The summed E-state index contributed by atoms with van der Waals surface area (Å²) < 4.78 is 0. The molecule has 0 bridgehead atoms. The number of carbonyl (C=O) groups excluding carboxylic acids is 2. The first-order chi connectivity index (χ1) is 11.3. The van der Waals surface area contributed by atoms with E-state index in [-0.39, 0.29) is 22.6 Å². The molecule has 2 aliphatic carbocycles. The number of carbonyl (C=O) groups is 2. The van der Waals surface area contributed by atoms with Crippen LogP contribution >= 0.6 is 24.4 Å². The molecule has 0 unspecified atom stereocenters. The highest BCUT2D eigenvalue weighted by Gasteiger charge is 2.48. The molecule has 2 fully saturated rings. The van der Waals surface area contributed by atoms with Crippen LogP contribution in [-0.4, -0.2) is 45.9 Å². The van der Waals surface area contributed by atoms with E-state index in [9.17, 15) is 9.59 Å². The number of nitrogens with zero attached hydrogens (tertiary/aromatic N) is 2. The third-order valence-electron chi connectivity index (χ3n) is 5.32. The van der Waals surface area contributed by atoms with Gasteiger partial charge < -0.3 is 0 Å². The highest BCUT2D eigenvalue weighted by atomic mass is 32.1. The molecular weight excluding hydrogens is 356 g/mol. The smallest absolute Gasteiger partial charge is 0.246 e. The fourth-order valence-electron chi connectivity index (χ4n) is 2.40. The lowest BCUT2D eigenvalue weighted by Gasteiger charge is -2.34. The molecule has 0 aliphatic heterocycles. The van der Waals surface area contributed by atoms with Crippen LogP contribution in [0, 0.1) is 16.2 Å². The lowest BCUT2D eigenvalue weighted by Crippen LogP contribution is -2.56. The van der Waals surface area contributed by atoms with E-state index in [0.29, 0.717) is 9.98 Å². The molecule has 2 aliphatic rings. The van der Waals surface area contributed by atoms with Crippen LogP contribution in [0.5, 0.6) is 0 Å². The number of nitrogens with one attached hydrogen (secondary N) is 2. The minimum Gasteiger partial charge on any atom is -0.289 e. The van der Waals surface area contributed by atoms with Crippen molar-refractivity contribution in [3.05, 3.63) is 0 Å². The van der Waals surface area contributed by atoms with Crippen molar-refractivity contribution in [1.82, 2.24) is 20.9 Å². The molecule has 140 valence electrons. The van der Waals surface area contributed by atoms with Crippen molar-refractivity contribution in [3.63, 3.8) is 0 Å². The lowest BCUT2D eigenvalue weighted by atomic mass is 9.93. The van der Waals surface area contributed by atoms with Gasteiger partial charge in [0.2, 0.25) is 11.8 Å². The van der Waals surface area contributed by atoms with Crippen molar-refractivity contribution in [3.8, 4) is 0 Å². The van der Waals surface area contributed by atoms with Gasteiger partial charge in [-0.15, -0.1) is 0 Å². The number of hydrazine groups is 2. The van der Waals surface area contributed by atoms with Crippen LogP contribution in [0.2, 0.25) is 0 Å². The second-order valence-corrected chi connectivity index (χ2v) is 9.17. The molecule has 0 aromatic heterocycles. The largest absolute Gasteiger partial charge is 0.289 e. The highest BCUT2D eigenvalue weighted by Crippen LogP contribution is 2.46. The van der Waals surface area contributed by atoms with Gasteiger partial charge in [0.15, 0.2) is 0 Å². The number of thiocarbonyl (C=S) groups is 2. The Bertz CT molecular complexity index is 572. The molecule has 0 saturated heterocycles. The molecule has 8 heteroatoms. The summed E-state index contributed by atoms with van der Waals surface area (Å²) in [6, 6.07) is 0. The van der Waals surface area contributed by atoms with Crippen molar-refractivity contribution >= 4 is 46.2 Å². The summed E-state index contributed by atoms with van der Waals surface area (Å²) in [4.78, 5) is 25.6. The maximum atomic E-state index is 12.3. The third kappa shape index (κ3) is 4.11. The summed E-state index contributed by atoms with van der Waals surface area (Å²) in [7, 11) is 3.35. The van der Waals surface area contributed by atoms with Crippen LogP contribution < -0.4 is 10.9 Å². The zero-order valence-electron chi connectivity index (χ0n) is 15.9. The molecule has 0 aromatic carbocycles. The zero-order chi connectivity index (χ0) is 19.2. The Kier molecular flexibility index (Phi) is 5.18. The molecule has 25 heavy (non-hydrogen) atoms. The van der Waals surface area contributed by atoms with Crippen LogP contribution in [0.25, 0.3) is 0 Å². The van der Waals surface area contributed by atoms with Gasteiger partial charge in [0, 0.05) is 24.9 Å². The van der Waals surface area contributed by atoms with Gasteiger partial charge in [0.1, 0.15) is 9.98 Å². The molecule has 2 N–H and O–H groups in total. The Morgan fingerprint density at radius 3 is 1.36 bits per heavy atom. The first kappa shape index (κ1) is 20.0. The molecule has 0 radical (unpaired) electrons. The van der Waals surface area contributed by atoms with Gasteiger partial charge in [-0.25, -0.2) is 0 Å². The van der Waals surface area contributed by atoms with E-state index in [4.69, 9.17) is 24.4 Å². The Balaban J connectivity index is 1.94. The van der Waals surface area contributed by atoms with Crippen LogP contribution in [0.3, 0.4) is 0 Å². The minimum atomic E-state index is -0.706. The van der Waals surface area contributed by atoms with E-state index in [1.54, 1.807) is 14.1 Å². The number of hydrogen-bond donors (Lipinski definition) is 2. The van der Waals surface area contributed by atoms with E-state index in [0.717, 1.165) is 25.7 Å². The molecule has 6 nitrogen and oxygen atoms in total. The average Bonchev–Trinajstić information content (AvgIpc) is 3.45. The molecule has 0 heterocycles. The molecule has 0 atom stereocenters. The zero-order valence-corrected chi connectivity index (χ0v) is 17.5. The normalized spacial score (nSPS) is 19.4. The standard InChI is InChI=1S/C17H28N4O2S2/c1-15(2,11(24)18-20(5)13(22)16(3)7-8-16)12(25)19-21(6)14(23)17(4)9-10-17/h7-10H2,1-6H3,(H,18,24)(H,19,25). The molecule has 0 spiro atoms. The average molecular weight is 385 g/mol. The monoisotopic (exact) mass is 384 g/mol. The Morgan fingerprint density at radius 2 is 1.12 bits per heavy atom. The summed E-state index contributed by atoms with van der Waals surface area (Å²) in [5, 5.41) is 2.89. The first-order valence-electron chi connectivity index (χ1n) is 8.52. The highest BCUT2D eigenvalue weighted by molar-refractivity contribution is 7.82. The van der Waals surface area contributed by atoms with Gasteiger partial charge in [0.25, 0.3) is 0 Å². The fourth-order valence-corrected chi connectivity index (χ4v) is 2.94. The third-order valence-corrected chi connectivity index (χ3v) is 6.52. The van der Waals surface area contributed by atoms with Crippen LogP contribution in [0.1, 0.15) is 53.4 Å². The van der Waals surface area contributed by atoms with Crippen molar-refractivity contribution < 1.29 is 9.59 Å². The van der Waals surface area contributed by atoms with E-state index >= 15 is 0 Å². The summed E-state index contributed by atoms with van der Waals surface area (Å²) in [6.07, 6.45) is 3.61. The summed E-state index contributed by atoms with van der Waals surface area (Å²) in [5.74, 6) is 0.0527. The van der Waals surface area contributed by atoms with E-state index in [1.807, 2.05) is 27.7 Å². The molecule has 2 amide bonds. The second-order valence-electron chi connectivity index (χ2n) is 8.36. The SMILES string of the molecule is CN(NC(=S)C(C)(C)C(=S)NN(C)C(=O)C1(C)CC1)C(=O)C1(C)CC1. The lowest BCUT2D eigenvalue weighted by molar-refractivity contribution is -0.137. The van der Waals surface area contributed by atoms with Gasteiger partial charge in [-0.3, -0.25) is 30.5 Å². The summed E-state index contributed by atoms with van der Waals surface area (Å²) in [5.41, 5.74) is 4.71. The molecule has 2 saturated carbocycles. The van der Waals surface area contributed by atoms with Crippen LogP contribution in [0.4, 0.5) is 0 Å². The fraction of sp³-hybridized carbons (Fsp3) is 0.765. The maximum Gasteiger partial charge on any atom is 0.246 e. The number of rotatable bonds is 4. The van der Waals surface area contributed by atoms with Crippen molar-refractivity contribution in [1.29, 1.82) is 0 Å². The van der Waals surface area contributed by atoms with Gasteiger partial charge in [-0.05, 0) is 39.5 Å². The van der Waals surface area contributed by atoms with Crippen molar-refractivity contribution in [2.24, 2.45) is 16.2 Å². The van der Waals surface area contributed by atoms with Crippen LogP contribution in [0.15, 0.2) is 0 Å². The minimum absolute atomic E-state index is 0.0264. The second kappa shape index (κ2) is 6.46. The molecular formula is C17H28N4O2S2. The number of hydrogen-bond acceptors (Lipinski definition) is 4. The molecule has 2 rings (SSSR count). The van der Waals surface area contributed by atoms with Crippen LogP contribution in [-0.2, 0) is 9.59 Å². The van der Waals surface area contributed by atoms with E-state index in [1.165, 1.54) is 10.0 Å². The van der Waals surface area contributed by atoms with Crippen molar-refractivity contribution in [2.45, 2.75) is 53.4 Å². The molecule has 0 aromatic rings. The summed E-state index contributed by atoms with van der Waals surface area (Å²) in [6.45, 7) is 7.64. The van der Waals surface area contributed by atoms with E-state index in [2.05, 4.69) is 10.9 Å². The van der Waals surface area contributed by atoms with Gasteiger partial charge in [0.05, 0.1) is 5.41 Å². The first-order valence-corrected chi connectivity index (χ1v) is 9.34. The van der Waals surface area contributed by atoms with Gasteiger partial charge >= 0.3 is 0 Å².